The van der Waals surface area contributed by atoms with E-state index in [4.69, 9.17) is 9.72 Å². The van der Waals surface area contributed by atoms with E-state index in [2.05, 4.69) is 28.8 Å². The Morgan fingerprint density at radius 3 is 2.45 bits per heavy atom. The standard InChI is InChI=1S/C22H27N5O2/c1-14-9-15(2)13-26(12-14)22-23-11-19(16(3)24-22)20-10-21(28)27(25-20)17-5-7-18(29-4)8-6-17/h5-8,10-11,14-15,25H,9,12-13H2,1-4H3. The van der Waals surface area contributed by atoms with Gasteiger partial charge >= 0.3 is 0 Å². The number of anilines is 1. The number of benzene rings is 1. The van der Waals surface area contributed by atoms with Crippen LogP contribution in [0.2, 0.25) is 0 Å². The molecule has 0 aliphatic carbocycles. The molecule has 4 rings (SSSR count). The van der Waals surface area contributed by atoms with Crippen LogP contribution in [0.25, 0.3) is 16.9 Å². The van der Waals surface area contributed by atoms with Crippen LogP contribution >= 0.6 is 0 Å². The highest BCUT2D eigenvalue weighted by Gasteiger charge is 2.24. The zero-order valence-electron chi connectivity index (χ0n) is 17.3. The normalized spacial score (nSPS) is 19.4. The van der Waals surface area contributed by atoms with Crippen LogP contribution in [0.5, 0.6) is 5.75 Å². The zero-order chi connectivity index (χ0) is 20.5. The highest BCUT2D eigenvalue weighted by Crippen LogP contribution is 2.26. The lowest BCUT2D eigenvalue weighted by atomic mass is 9.92. The Morgan fingerprint density at radius 1 is 1.14 bits per heavy atom. The van der Waals surface area contributed by atoms with Gasteiger partial charge in [0.05, 0.1) is 24.2 Å². The Bertz CT molecular complexity index is 1040. The first-order valence-electron chi connectivity index (χ1n) is 10.00. The third-order valence-corrected chi connectivity index (χ3v) is 5.46. The van der Waals surface area contributed by atoms with Crippen LogP contribution in [0.1, 0.15) is 26.0 Å². The van der Waals surface area contributed by atoms with Gasteiger partial charge in [-0.05, 0) is 49.4 Å². The molecule has 0 saturated carbocycles. The van der Waals surface area contributed by atoms with Crippen LogP contribution in [0, 0.1) is 18.8 Å². The Hall–Kier alpha value is -3.09. The van der Waals surface area contributed by atoms with Gasteiger partial charge in [-0.25, -0.2) is 14.6 Å². The smallest absolute Gasteiger partial charge is 0.271 e. The van der Waals surface area contributed by atoms with Crippen molar-refractivity contribution in [2.45, 2.75) is 27.2 Å². The Labute approximate surface area is 170 Å². The summed E-state index contributed by atoms with van der Waals surface area (Å²) in [6.45, 7) is 8.47. The SMILES string of the molecule is COc1ccc(-n2[nH]c(-c3cnc(N4CC(C)CC(C)C4)nc3C)cc2=O)cc1. The molecule has 1 aliphatic rings. The summed E-state index contributed by atoms with van der Waals surface area (Å²) >= 11 is 0. The van der Waals surface area contributed by atoms with Gasteiger partial charge in [0.25, 0.3) is 5.56 Å². The number of ether oxygens (including phenoxy) is 1. The van der Waals surface area contributed by atoms with E-state index in [1.54, 1.807) is 13.2 Å². The van der Waals surface area contributed by atoms with Gasteiger partial charge in [0.2, 0.25) is 5.95 Å². The summed E-state index contributed by atoms with van der Waals surface area (Å²) in [6, 6.07) is 8.91. The summed E-state index contributed by atoms with van der Waals surface area (Å²) in [5.74, 6) is 2.78. The number of methoxy groups -OCH3 is 1. The molecule has 1 saturated heterocycles. The second kappa shape index (κ2) is 7.73. The predicted molar refractivity (Wildman–Crippen MR) is 114 cm³/mol. The van der Waals surface area contributed by atoms with Gasteiger partial charge in [-0.15, -0.1) is 0 Å². The lowest BCUT2D eigenvalue weighted by Crippen LogP contribution is -2.39. The zero-order valence-corrected chi connectivity index (χ0v) is 17.3. The Morgan fingerprint density at radius 2 is 1.83 bits per heavy atom. The number of piperidine rings is 1. The lowest BCUT2D eigenvalue weighted by Gasteiger charge is -2.35. The molecule has 7 nitrogen and oxygen atoms in total. The Balaban J connectivity index is 1.63. The maximum absolute atomic E-state index is 12.5. The molecule has 1 aromatic carbocycles. The van der Waals surface area contributed by atoms with Gasteiger partial charge in [-0.1, -0.05) is 13.8 Å². The van der Waals surface area contributed by atoms with Gasteiger partial charge in [0.15, 0.2) is 0 Å². The maximum atomic E-state index is 12.5. The number of hydrogen-bond acceptors (Lipinski definition) is 5. The minimum atomic E-state index is -0.132. The molecule has 0 bridgehead atoms. The monoisotopic (exact) mass is 393 g/mol. The summed E-state index contributed by atoms with van der Waals surface area (Å²) in [4.78, 5) is 24.1. The number of hydrogen-bond donors (Lipinski definition) is 1. The number of H-pyrrole nitrogens is 1. The van der Waals surface area contributed by atoms with E-state index in [0.29, 0.717) is 17.5 Å². The third kappa shape index (κ3) is 3.90. The van der Waals surface area contributed by atoms with Crippen molar-refractivity contribution in [2.24, 2.45) is 11.8 Å². The van der Waals surface area contributed by atoms with E-state index in [9.17, 15) is 4.79 Å². The van der Waals surface area contributed by atoms with Gasteiger partial charge in [0, 0.05) is 30.9 Å². The van der Waals surface area contributed by atoms with Gasteiger partial charge in [-0.3, -0.25) is 9.89 Å². The average Bonchev–Trinajstić information content (AvgIpc) is 3.08. The van der Waals surface area contributed by atoms with Crippen LogP contribution in [-0.2, 0) is 0 Å². The minimum Gasteiger partial charge on any atom is -0.497 e. The molecule has 29 heavy (non-hydrogen) atoms. The topological polar surface area (TPSA) is 76.0 Å². The van der Waals surface area contributed by atoms with Crippen LogP contribution in [0.3, 0.4) is 0 Å². The van der Waals surface area contributed by atoms with E-state index in [0.717, 1.165) is 41.7 Å². The summed E-state index contributed by atoms with van der Waals surface area (Å²) in [5, 5.41) is 3.18. The molecular formula is C22H27N5O2. The van der Waals surface area contributed by atoms with Crippen molar-refractivity contribution in [3.05, 3.63) is 52.6 Å². The highest BCUT2D eigenvalue weighted by molar-refractivity contribution is 5.61. The second-order valence-electron chi connectivity index (χ2n) is 8.06. The van der Waals surface area contributed by atoms with Crippen molar-refractivity contribution in [1.82, 2.24) is 19.7 Å². The van der Waals surface area contributed by atoms with Crippen molar-refractivity contribution in [3.8, 4) is 22.7 Å². The molecule has 0 radical (unpaired) electrons. The summed E-state index contributed by atoms with van der Waals surface area (Å²) < 4.78 is 6.69. The van der Waals surface area contributed by atoms with E-state index in [-0.39, 0.29) is 5.56 Å². The summed E-state index contributed by atoms with van der Waals surface area (Å²) in [6.07, 6.45) is 3.05. The number of aryl methyl sites for hydroxylation is 1. The van der Waals surface area contributed by atoms with Crippen LogP contribution < -0.4 is 15.2 Å². The molecule has 1 fully saturated rings. The van der Waals surface area contributed by atoms with Gasteiger partial charge in [-0.2, -0.15) is 0 Å². The average molecular weight is 393 g/mol. The Kier molecular flexibility index (Phi) is 5.13. The van der Waals surface area contributed by atoms with Gasteiger partial charge in [0.1, 0.15) is 5.75 Å². The number of aromatic nitrogens is 4. The van der Waals surface area contributed by atoms with E-state index >= 15 is 0 Å². The van der Waals surface area contributed by atoms with Crippen LogP contribution in [-0.4, -0.2) is 39.9 Å². The number of nitrogens with zero attached hydrogens (tertiary/aromatic N) is 4. The minimum absolute atomic E-state index is 0.132. The molecule has 0 spiro atoms. The van der Waals surface area contributed by atoms with Crippen molar-refractivity contribution < 1.29 is 4.74 Å². The maximum Gasteiger partial charge on any atom is 0.271 e. The molecule has 0 amide bonds. The largest absolute Gasteiger partial charge is 0.497 e. The lowest BCUT2D eigenvalue weighted by molar-refractivity contribution is 0.353. The van der Waals surface area contributed by atoms with Crippen LogP contribution in [0.15, 0.2) is 41.3 Å². The highest BCUT2D eigenvalue weighted by atomic mass is 16.5. The quantitative estimate of drug-likeness (QED) is 0.735. The molecule has 2 unspecified atom stereocenters. The molecule has 7 heteroatoms. The molecule has 3 aromatic rings. The van der Waals surface area contributed by atoms with Gasteiger partial charge < -0.3 is 9.64 Å². The molecule has 152 valence electrons. The molecule has 3 heterocycles. The van der Waals surface area contributed by atoms with Crippen molar-refractivity contribution in [3.63, 3.8) is 0 Å². The third-order valence-electron chi connectivity index (χ3n) is 5.46. The summed E-state index contributed by atoms with van der Waals surface area (Å²) in [5.41, 5.74) is 3.00. The molecule has 2 atom stereocenters. The van der Waals surface area contributed by atoms with Crippen molar-refractivity contribution in [2.75, 3.05) is 25.1 Å². The fourth-order valence-electron chi connectivity index (χ4n) is 4.15. The first-order chi connectivity index (χ1) is 13.9. The molecular weight excluding hydrogens is 366 g/mol. The van der Waals surface area contributed by atoms with Crippen molar-refractivity contribution in [1.29, 1.82) is 0 Å². The fourth-order valence-corrected chi connectivity index (χ4v) is 4.15. The van der Waals surface area contributed by atoms with Crippen molar-refractivity contribution >= 4 is 5.95 Å². The molecule has 2 aromatic heterocycles. The first-order valence-corrected chi connectivity index (χ1v) is 10.00. The number of nitrogens with one attached hydrogen (secondary N) is 1. The fraction of sp³-hybridized carbons (Fsp3) is 0.409. The predicted octanol–water partition coefficient (Wildman–Crippen LogP) is 3.42. The second-order valence-corrected chi connectivity index (χ2v) is 8.06. The number of rotatable bonds is 4. The molecule has 1 aliphatic heterocycles. The van der Waals surface area contributed by atoms with E-state index in [1.807, 2.05) is 37.4 Å². The molecule has 1 N–H and O–H groups in total. The summed E-state index contributed by atoms with van der Waals surface area (Å²) in [7, 11) is 1.62. The van der Waals surface area contributed by atoms with E-state index in [1.165, 1.54) is 11.1 Å². The number of aromatic amines is 1. The van der Waals surface area contributed by atoms with E-state index < -0.39 is 0 Å². The first kappa shape index (κ1) is 19.2. The van der Waals surface area contributed by atoms with Crippen LogP contribution in [0.4, 0.5) is 5.95 Å².